The van der Waals surface area contributed by atoms with Gasteiger partial charge in [-0.2, -0.15) is 18.4 Å². The predicted octanol–water partition coefficient (Wildman–Crippen LogP) is 8.22. The van der Waals surface area contributed by atoms with Crippen molar-refractivity contribution in [2.45, 2.75) is 36.4 Å². The van der Waals surface area contributed by atoms with Gasteiger partial charge in [-0.1, -0.05) is 79.5 Å². The van der Waals surface area contributed by atoms with E-state index in [-0.39, 0.29) is 0 Å². The summed E-state index contributed by atoms with van der Waals surface area (Å²) in [5.41, 5.74) is -0.0783. The maximum absolute atomic E-state index is 12.8. The number of carbonyl (C=O) groups excluding carboxylic acids is 1. The largest absolute Gasteiger partial charge is 0.457 e. The summed E-state index contributed by atoms with van der Waals surface area (Å²) < 4.78 is 48.0. The normalized spacial score (nSPS) is 18.6. The van der Waals surface area contributed by atoms with Crippen LogP contribution in [0.4, 0.5) is 13.2 Å². The summed E-state index contributed by atoms with van der Waals surface area (Å²) in [5, 5.41) is 9.59. The Morgan fingerprint density at radius 2 is 1.58 bits per heavy atom. The van der Waals surface area contributed by atoms with Gasteiger partial charge in [-0.25, -0.2) is 0 Å². The van der Waals surface area contributed by atoms with Crippen LogP contribution in [0.25, 0.3) is 0 Å². The van der Waals surface area contributed by atoms with Gasteiger partial charge in [-0.15, -0.1) is 0 Å². The molecule has 9 heteroatoms. The van der Waals surface area contributed by atoms with Crippen molar-refractivity contribution >= 4 is 29.2 Å². The van der Waals surface area contributed by atoms with E-state index >= 15 is 0 Å². The van der Waals surface area contributed by atoms with E-state index < -0.39 is 40.0 Å². The number of benzene rings is 3. The Morgan fingerprint density at radius 1 is 0.972 bits per heavy atom. The third kappa shape index (κ3) is 6.13. The van der Waals surface area contributed by atoms with Crippen molar-refractivity contribution in [2.75, 3.05) is 0 Å². The summed E-state index contributed by atoms with van der Waals surface area (Å²) in [6.07, 6.45) is -5.75. The van der Waals surface area contributed by atoms with Crippen molar-refractivity contribution in [1.29, 1.82) is 5.26 Å². The van der Waals surface area contributed by atoms with E-state index in [1.165, 1.54) is 12.1 Å². The Hall–Kier alpha value is -3.21. The highest BCUT2D eigenvalue weighted by molar-refractivity contribution is 6.53. The SMILES string of the molecule is CC.N#CC(OC(=O)C1C(c2ccc(C(F)(F)F)cc2)C1(Cl)Cl)c1cccc(Oc2ccccc2)c1. The molecule has 4 nitrogen and oxygen atoms in total. The van der Waals surface area contributed by atoms with Crippen LogP contribution in [-0.2, 0) is 15.7 Å². The first-order valence-corrected chi connectivity index (χ1v) is 11.8. The second kappa shape index (κ2) is 11.2. The Kier molecular flexibility index (Phi) is 8.55. The van der Waals surface area contributed by atoms with Gasteiger partial charge in [-0.3, -0.25) is 4.79 Å². The highest BCUT2D eigenvalue weighted by Gasteiger charge is 2.68. The summed E-state index contributed by atoms with van der Waals surface area (Å²) in [6.45, 7) is 4.00. The number of nitrogens with zero attached hydrogens (tertiary/aromatic N) is 1. The third-order valence-corrected chi connectivity index (χ3v) is 6.34. The molecule has 188 valence electrons. The van der Waals surface area contributed by atoms with Crippen LogP contribution >= 0.6 is 23.2 Å². The molecule has 0 N–H and O–H groups in total. The lowest BCUT2D eigenvalue weighted by Gasteiger charge is -2.13. The molecule has 0 amide bonds. The number of rotatable bonds is 6. The fourth-order valence-corrected chi connectivity index (χ4v) is 4.45. The summed E-state index contributed by atoms with van der Waals surface area (Å²) in [6, 6.07) is 21.7. The molecular formula is C27H22Cl2F3NO3. The van der Waals surface area contributed by atoms with Crippen molar-refractivity contribution in [2.24, 2.45) is 5.92 Å². The third-order valence-electron chi connectivity index (χ3n) is 5.40. The molecule has 3 unspecified atom stereocenters. The lowest BCUT2D eigenvalue weighted by molar-refractivity contribution is -0.148. The quantitative estimate of drug-likeness (QED) is 0.235. The van der Waals surface area contributed by atoms with Gasteiger partial charge in [-0.05, 0) is 42.0 Å². The monoisotopic (exact) mass is 535 g/mol. The first-order chi connectivity index (χ1) is 17.1. The van der Waals surface area contributed by atoms with E-state index in [1.807, 2.05) is 38.1 Å². The molecule has 1 aliphatic rings. The van der Waals surface area contributed by atoms with Crippen LogP contribution in [0.3, 0.4) is 0 Å². The summed E-state index contributed by atoms with van der Waals surface area (Å²) in [4.78, 5) is 12.8. The molecule has 1 fully saturated rings. The van der Waals surface area contributed by atoms with E-state index in [4.69, 9.17) is 32.7 Å². The predicted molar refractivity (Wildman–Crippen MR) is 131 cm³/mol. The zero-order valence-corrected chi connectivity index (χ0v) is 20.8. The zero-order valence-electron chi connectivity index (χ0n) is 19.3. The number of alkyl halides is 5. The van der Waals surface area contributed by atoms with Crippen molar-refractivity contribution in [1.82, 2.24) is 0 Å². The van der Waals surface area contributed by atoms with Crippen molar-refractivity contribution < 1.29 is 27.4 Å². The number of hydrogen-bond donors (Lipinski definition) is 0. The second-order valence-electron chi connectivity index (χ2n) is 7.68. The van der Waals surface area contributed by atoms with E-state index in [2.05, 4.69) is 0 Å². The van der Waals surface area contributed by atoms with E-state index in [9.17, 15) is 23.2 Å². The van der Waals surface area contributed by atoms with Gasteiger partial charge in [0.25, 0.3) is 0 Å². The fourth-order valence-electron chi connectivity index (χ4n) is 3.64. The van der Waals surface area contributed by atoms with E-state index in [1.54, 1.807) is 36.4 Å². The lowest BCUT2D eigenvalue weighted by Crippen LogP contribution is -2.14. The maximum atomic E-state index is 12.8. The molecular weight excluding hydrogens is 514 g/mol. The molecule has 0 radical (unpaired) electrons. The first kappa shape index (κ1) is 27.4. The van der Waals surface area contributed by atoms with Gasteiger partial charge in [0.2, 0.25) is 6.10 Å². The highest BCUT2D eigenvalue weighted by atomic mass is 35.5. The molecule has 1 aliphatic carbocycles. The molecule has 0 bridgehead atoms. The Morgan fingerprint density at radius 3 is 2.17 bits per heavy atom. The fraction of sp³-hybridized carbons (Fsp3) is 0.259. The number of esters is 1. The lowest BCUT2D eigenvalue weighted by atomic mass is 10.1. The molecule has 0 aromatic heterocycles. The maximum Gasteiger partial charge on any atom is 0.416 e. The molecule has 36 heavy (non-hydrogen) atoms. The Labute approximate surface area is 217 Å². The smallest absolute Gasteiger partial charge is 0.416 e. The zero-order chi connectivity index (χ0) is 26.5. The molecule has 0 aliphatic heterocycles. The molecule has 3 atom stereocenters. The molecule has 4 rings (SSSR count). The van der Waals surface area contributed by atoms with Crippen LogP contribution in [0, 0.1) is 17.2 Å². The molecule has 0 saturated heterocycles. The standard InChI is InChI=1S/C25H16Cl2F3NO3.C2H6/c26-24(27)21(15-9-11-17(12-10-15)25(28,29)30)22(24)23(32)34-20(14-31)16-5-4-8-19(13-16)33-18-6-2-1-3-7-18;1-2/h1-13,20-22H;1-2H3. The van der Waals surface area contributed by atoms with Crippen molar-refractivity contribution in [3.05, 3.63) is 95.6 Å². The molecule has 0 spiro atoms. The van der Waals surface area contributed by atoms with Crippen LogP contribution in [0.2, 0.25) is 0 Å². The second-order valence-corrected chi connectivity index (χ2v) is 9.13. The van der Waals surface area contributed by atoms with Crippen LogP contribution in [0.15, 0.2) is 78.9 Å². The van der Waals surface area contributed by atoms with Gasteiger partial charge in [0.05, 0.1) is 5.56 Å². The van der Waals surface area contributed by atoms with E-state index in [0.29, 0.717) is 22.6 Å². The van der Waals surface area contributed by atoms with Gasteiger partial charge in [0.15, 0.2) is 0 Å². The van der Waals surface area contributed by atoms with Crippen molar-refractivity contribution in [3.63, 3.8) is 0 Å². The van der Waals surface area contributed by atoms with Gasteiger partial charge in [0.1, 0.15) is 27.8 Å². The summed E-state index contributed by atoms with van der Waals surface area (Å²) >= 11 is 12.5. The van der Waals surface area contributed by atoms with Gasteiger partial charge >= 0.3 is 12.1 Å². The van der Waals surface area contributed by atoms with E-state index in [0.717, 1.165) is 12.1 Å². The van der Waals surface area contributed by atoms with Crippen LogP contribution < -0.4 is 4.74 Å². The first-order valence-electron chi connectivity index (χ1n) is 11.1. The minimum absolute atomic E-state index is 0.367. The Balaban J connectivity index is 0.00000176. The van der Waals surface area contributed by atoms with Crippen molar-refractivity contribution in [3.8, 4) is 17.6 Å². The number of para-hydroxylation sites is 1. The number of ether oxygens (including phenoxy) is 2. The average Bonchev–Trinajstić information content (AvgIpc) is 3.45. The number of nitriles is 1. The average molecular weight is 536 g/mol. The topological polar surface area (TPSA) is 59.3 Å². The van der Waals surface area contributed by atoms with Gasteiger partial charge < -0.3 is 9.47 Å². The molecule has 3 aromatic carbocycles. The minimum Gasteiger partial charge on any atom is -0.457 e. The molecule has 0 heterocycles. The summed E-state index contributed by atoms with van der Waals surface area (Å²) in [5.74, 6) is -1.59. The highest BCUT2D eigenvalue weighted by Crippen LogP contribution is 2.65. The molecule has 1 saturated carbocycles. The van der Waals surface area contributed by atoms with Crippen LogP contribution in [0.5, 0.6) is 11.5 Å². The van der Waals surface area contributed by atoms with Gasteiger partial charge in [0, 0.05) is 11.5 Å². The Bertz CT molecular complexity index is 1230. The minimum atomic E-state index is -4.49. The molecule has 3 aromatic rings. The van der Waals surface area contributed by atoms with Crippen LogP contribution in [0.1, 0.15) is 42.6 Å². The number of hydrogen-bond acceptors (Lipinski definition) is 4. The van der Waals surface area contributed by atoms with Crippen LogP contribution in [-0.4, -0.2) is 10.3 Å². The number of carbonyl (C=O) groups is 1. The summed E-state index contributed by atoms with van der Waals surface area (Å²) in [7, 11) is 0. The number of halogens is 5.